The van der Waals surface area contributed by atoms with Gasteiger partial charge in [-0.15, -0.1) is 5.10 Å². The van der Waals surface area contributed by atoms with Crippen LogP contribution in [-0.2, 0) is 17.9 Å². The summed E-state index contributed by atoms with van der Waals surface area (Å²) in [4.78, 5) is 16.7. The fourth-order valence-electron chi connectivity index (χ4n) is 4.60. The number of hydrogen-bond donors (Lipinski definition) is 2. The second kappa shape index (κ2) is 7.98. The van der Waals surface area contributed by atoms with Crippen molar-refractivity contribution in [2.75, 3.05) is 0 Å². The third-order valence-corrected chi connectivity index (χ3v) is 6.21. The van der Waals surface area contributed by atoms with Crippen LogP contribution in [0.25, 0.3) is 22.2 Å². The van der Waals surface area contributed by atoms with E-state index in [1.54, 1.807) is 4.68 Å². The van der Waals surface area contributed by atoms with Gasteiger partial charge in [0.2, 0.25) is 5.91 Å². The summed E-state index contributed by atoms with van der Waals surface area (Å²) in [6.45, 7) is 5.48. The molecule has 158 valence electrons. The van der Waals surface area contributed by atoms with Crippen LogP contribution in [0.5, 0.6) is 0 Å². The largest absolute Gasteiger partial charge is 0.354 e. The zero-order valence-corrected chi connectivity index (χ0v) is 17.9. The molecule has 1 amide bonds. The predicted octanol–water partition coefficient (Wildman–Crippen LogP) is 4.02. The molecular weight excluding hydrogens is 388 g/mol. The van der Waals surface area contributed by atoms with Crippen molar-refractivity contribution in [1.82, 2.24) is 30.5 Å². The standard InChI is InChI=1S/C24H26N6O/c1-15-12-18(14-25-24(31)19-10-6-7-11-30-23(19)27-28-29-30)22-20(13-15)16(2)21(26-22)17-8-4-3-5-9-17/h3-5,8-9,12-13,19,26H,6-7,10-11,14H2,1-2H3,(H,25,31). The van der Waals surface area contributed by atoms with Crippen molar-refractivity contribution in [3.63, 3.8) is 0 Å². The first-order valence-corrected chi connectivity index (χ1v) is 10.8. The summed E-state index contributed by atoms with van der Waals surface area (Å²) in [5.74, 6) is 0.355. The Balaban J connectivity index is 1.44. The molecule has 0 bridgehead atoms. The number of nitrogens with one attached hydrogen (secondary N) is 2. The number of nitrogens with zero attached hydrogens (tertiary/aromatic N) is 4. The average Bonchev–Trinajstić information content (AvgIpc) is 3.31. The van der Waals surface area contributed by atoms with Crippen LogP contribution in [-0.4, -0.2) is 31.1 Å². The number of carbonyl (C=O) groups excluding carboxylic acids is 1. The summed E-state index contributed by atoms with van der Waals surface area (Å²) in [5.41, 5.74) is 6.85. The number of tetrazole rings is 1. The zero-order valence-electron chi connectivity index (χ0n) is 17.9. The van der Waals surface area contributed by atoms with E-state index in [-0.39, 0.29) is 11.8 Å². The van der Waals surface area contributed by atoms with Gasteiger partial charge in [0.15, 0.2) is 5.82 Å². The van der Waals surface area contributed by atoms with Crippen molar-refractivity contribution in [3.8, 4) is 11.3 Å². The minimum absolute atomic E-state index is 0.0147. The topological polar surface area (TPSA) is 88.5 Å². The number of aryl methyl sites for hydroxylation is 3. The lowest BCUT2D eigenvalue weighted by atomic mass is 10.0. The van der Waals surface area contributed by atoms with Gasteiger partial charge in [-0.3, -0.25) is 4.79 Å². The third-order valence-electron chi connectivity index (χ3n) is 6.21. The molecule has 2 N–H and O–H groups in total. The van der Waals surface area contributed by atoms with Crippen molar-refractivity contribution in [2.24, 2.45) is 0 Å². The van der Waals surface area contributed by atoms with Crippen LogP contribution in [0, 0.1) is 13.8 Å². The van der Waals surface area contributed by atoms with E-state index in [1.807, 2.05) is 18.2 Å². The quantitative estimate of drug-likeness (QED) is 0.528. The molecule has 1 aliphatic rings. The van der Waals surface area contributed by atoms with Gasteiger partial charge >= 0.3 is 0 Å². The van der Waals surface area contributed by atoms with Gasteiger partial charge in [0.25, 0.3) is 0 Å². The molecule has 0 radical (unpaired) electrons. The predicted molar refractivity (Wildman–Crippen MR) is 119 cm³/mol. The molecule has 3 heterocycles. The Kier molecular flexibility index (Phi) is 5.02. The van der Waals surface area contributed by atoms with E-state index in [0.717, 1.165) is 48.1 Å². The fraction of sp³-hybridized carbons (Fsp3) is 0.333. The minimum atomic E-state index is -0.303. The molecule has 0 saturated heterocycles. The van der Waals surface area contributed by atoms with Crippen LogP contribution in [0.3, 0.4) is 0 Å². The number of aromatic amines is 1. The average molecular weight is 415 g/mol. The second-order valence-corrected chi connectivity index (χ2v) is 8.36. The number of amides is 1. The molecule has 0 spiro atoms. The normalized spacial score (nSPS) is 16.1. The molecule has 5 rings (SSSR count). The maximum Gasteiger partial charge on any atom is 0.231 e. The van der Waals surface area contributed by atoms with Gasteiger partial charge in [-0.05, 0) is 59.9 Å². The van der Waals surface area contributed by atoms with Crippen LogP contribution >= 0.6 is 0 Å². The lowest BCUT2D eigenvalue weighted by Crippen LogP contribution is -2.30. The van der Waals surface area contributed by atoms with E-state index in [0.29, 0.717) is 12.4 Å². The van der Waals surface area contributed by atoms with Crippen molar-refractivity contribution < 1.29 is 4.79 Å². The van der Waals surface area contributed by atoms with Gasteiger partial charge in [-0.2, -0.15) is 0 Å². The SMILES string of the molecule is Cc1cc(CNC(=O)C2CCCCn3nnnc32)c2[nH]c(-c3ccccc3)c(C)c2c1. The van der Waals surface area contributed by atoms with Crippen LogP contribution in [0.1, 0.15) is 47.7 Å². The van der Waals surface area contributed by atoms with Crippen molar-refractivity contribution in [1.29, 1.82) is 0 Å². The molecule has 0 aliphatic carbocycles. The summed E-state index contributed by atoms with van der Waals surface area (Å²) < 4.78 is 1.77. The lowest BCUT2D eigenvalue weighted by molar-refractivity contribution is -0.123. The van der Waals surface area contributed by atoms with Gasteiger partial charge in [0.05, 0.1) is 11.4 Å². The minimum Gasteiger partial charge on any atom is -0.354 e. The van der Waals surface area contributed by atoms with Crippen LogP contribution in [0.2, 0.25) is 0 Å². The number of rotatable bonds is 4. The lowest BCUT2D eigenvalue weighted by Gasteiger charge is -2.14. The molecule has 1 atom stereocenters. The van der Waals surface area contributed by atoms with Crippen molar-refractivity contribution in [3.05, 3.63) is 65.0 Å². The van der Waals surface area contributed by atoms with Gasteiger partial charge in [0.1, 0.15) is 0 Å². The first kappa shape index (κ1) is 19.5. The number of carbonyl (C=O) groups is 1. The van der Waals surface area contributed by atoms with Crippen LogP contribution in [0.4, 0.5) is 0 Å². The van der Waals surface area contributed by atoms with E-state index in [9.17, 15) is 4.79 Å². The highest BCUT2D eigenvalue weighted by molar-refractivity contribution is 5.93. The fourth-order valence-corrected chi connectivity index (χ4v) is 4.60. The molecule has 7 heteroatoms. The Morgan fingerprint density at radius 1 is 1.19 bits per heavy atom. The van der Waals surface area contributed by atoms with Gasteiger partial charge in [-0.25, -0.2) is 4.68 Å². The summed E-state index contributed by atoms with van der Waals surface area (Å²) >= 11 is 0. The van der Waals surface area contributed by atoms with Crippen molar-refractivity contribution in [2.45, 2.75) is 52.1 Å². The third kappa shape index (κ3) is 3.60. The van der Waals surface area contributed by atoms with Gasteiger partial charge in [0, 0.05) is 24.2 Å². The second-order valence-electron chi connectivity index (χ2n) is 8.36. The highest BCUT2D eigenvalue weighted by atomic mass is 16.1. The Bertz CT molecular complexity index is 1240. The number of benzene rings is 2. The van der Waals surface area contributed by atoms with E-state index >= 15 is 0 Å². The first-order chi connectivity index (χ1) is 15.1. The zero-order chi connectivity index (χ0) is 21.4. The van der Waals surface area contributed by atoms with E-state index in [1.165, 1.54) is 16.5 Å². The molecule has 7 nitrogen and oxygen atoms in total. The Labute approximate surface area is 180 Å². The molecule has 1 aliphatic heterocycles. The molecule has 4 aromatic rings. The van der Waals surface area contributed by atoms with Gasteiger partial charge < -0.3 is 10.3 Å². The molecule has 2 aromatic carbocycles. The highest BCUT2D eigenvalue weighted by Gasteiger charge is 2.28. The number of fused-ring (bicyclic) bond motifs is 2. The summed E-state index contributed by atoms with van der Waals surface area (Å²) in [7, 11) is 0. The van der Waals surface area contributed by atoms with E-state index in [4.69, 9.17) is 0 Å². The maximum atomic E-state index is 13.1. The molecule has 31 heavy (non-hydrogen) atoms. The molecule has 2 aromatic heterocycles. The molecular formula is C24H26N6O. The summed E-state index contributed by atoms with van der Waals surface area (Å²) in [6.07, 6.45) is 2.74. The van der Waals surface area contributed by atoms with E-state index < -0.39 is 0 Å². The Morgan fingerprint density at radius 3 is 2.87 bits per heavy atom. The highest BCUT2D eigenvalue weighted by Crippen LogP contribution is 2.32. The van der Waals surface area contributed by atoms with Crippen LogP contribution in [0.15, 0.2) is 42.5 Å². The van der Waals surface area contributed by atoms with E-state index in [2.05, 4.69) is 63.9 Å². The summed E-state index contributed by atoms with van der Waals surface area (Å²) in [5, 5.41) is 16.3. The Morgan fingerprint density at radius 2 is 2.03 bits per heavy atom. The monoisotopic (exact) mass is 414 g/mol. The molecule has 0 saturated carbocycles. The molecule has 1 unspecified atom stereocenters. The van der Waals surface area contributed by atoms with Crippen molar-refractivity contribution >= 4 is 16.8 Å². The Hall–Kier alpha value is -3.48. The first-order valence-electron chi connectivity index (χ1n) is 10.8. The molecule has 0 fully saturated rings. The van der Waals surface area contributed by atoms with Gasteiger partial charge in [-0.1, -0.05) is 48.4 Å². The van der Waals surface area contributed by atoms with Crippen LogP contribution < -0.4 is 5.32 Å². The number of aromatic nitrogens is 5. The number of H-pyrrole nitrogens is 1. The maximum absolute atomic E-state index is 13.1. The number of hydrogen-bond acceptors (Lipinski definition) is 4. The smallest absolute Gasteiger partial charge is 0.231 e. The summed E-state index contributed by atoms with van der Waals surface area (Å²) in [6, 6.07) is 14.7.